The Labute approximate surface area is 126 Å². The Bertz CT molecular complexity index is 420. The first-order valence-corrected chi connectivity index (χ1v) is 8.07. The molecule has 1 N–H and O–H groups in total. The van der Waals surface area contributed by atoms with Crippen LogP contribution in [0.3, 0.4) is 0 Å². The van der Waals surface area contributed by atoms with Crippen molar-refractivity contribution in [2.45, 2.75) is 78.2 Å². The van der Waals surface area contributed by atoms with Gasteiger partial charge in [0, 0.05) is 6.42 Å². The molecule has 1 rings (SSSR count). The molecule has 1 aromatic rings. The summed E-state index contributed by atoms with van der Waals surface area (Å²) < 4.78 is 1.66. The summed E-state index contributed by atoms with van der Waals surface area (Å²) in [4.78, 5) is 11.1. The number of aryl methyl sites for hydroxylation is 1. The number of carbonyl (C=O) groups is 1. The van der Waals surface area contributed by atoms with Crippen LogP contribution in [0.15, 0.2) is 0 Å². The molecule has 120 valence electrons. The van der Waals surface area contributed by atoms with Crippen molar-refractivity contribution >= 4 is 5.97 Å². The number of nitrogens with zero attached hydrogens (tertiary/aromatic N) is 4. The average Bonchev–Trinajstić information content (AvgIpc) is 2.93. The van der Waals surface area contributed by atoms with Gasteiger partial charge in [0.05, 0.1) is 12.0 Å². The minimum Gasteiger partial charge on any atom is -0.481 e. The first-order chi connectivity index (χ1) is 10.1. The van der Waals surface area contributed by atoms with Gasteiger partial charge in [-0.05, 0) is 30.7 Å². The van der Waals surface area contributed by atoms with E-state index in [1.165, 1.54) is 38.5 Å². The van der Waals surface area contributed by atoms with Gasteiger partial charge in [-0.1, -0.05) is 45.4 Å². The van der Waals surface area contributed by atoms with Crippen molar-refractivity contribution < 1.29 is 9.90 Å². The molecular formula is C15H28N4O2. The van der Waals surface area contributed by atoms with Crippen molar-refractivity contribution in [1.82, 2.24) is 20.2 Å². The Morgan fingerprint density at radius 1 is 1.14 bits per heavy atom. The summed E-state index contributed by atoms with van der Waals surface area (Å²) in [6.45, 7) is 5.76. The normalized spacial score (nSPS) is 14.0. The lowest BCUT2D eigenvalue weighted by atomic mass is 10.0. The second-order valence-electron chi connectivity index (χ2n) is 5.78. The quantitative estimate of drug-likeness (QED) is 0.634. The van der Waals surface area contributed by atoms with Gasteiger partial charge in [0.1, 0.15) is 0 Å². The molecule has 0 aromatic carbocycles. The van der Waals surface area contributed by atoms with Crippen LogP contribution in [0, 0.1) is 5.92 Å². The van der Waals surface area contributed by atoms with E-state index in [2.05, 4.69) is 22.4 Å². The van der Waals surface area contributed by atoms with E-state index in [0.717, 1.165) is 18.7 Å². The SMILES string of the molecule is CCCCCCCCCc1nnnn1C(C)C(C)C(=O)O. The molecule has 6 heteroatoms. The highest BCUT2D eigenvalue weighted by atomic mass is 16.4. The van der Waals surface area contributed by atoms with Crippen LogP contribution in [0.2, 0.25) is 0 Å². The van der Waals surface area contributed by atoms with Gasteiger partial charge in [-0.15, -0.1) is 5.10 Å². The highest BCUT2D eigenvalue weighted by Crippen LogP contribution is 2.18. The minimum absolute atomic E-state index is 0.225. The third-order valence-corrected chi connectivity index (χ3v) is 4.06. The monoisotopic (exact) mass is 296 g/mol. The fourth-order valence-electron chi connectivity index (χ4n) is 2.35. The van der Waals surface area contributed by atoms with Crippen molar-refractivity contribution in [3.63, 3.8) is 0 Å². The van der Waals surface area contributed by atoms with E-state index in [1.54, 1.807) is 11.6 Å². The van der Waals surface area contributed by atoms with Gasteiger partial charge in [0.25, 0.3) is 0 Å². The molecule has 0 bridgehead atoms. The molecule has 21 heavy (non-hydrogen) atoms. The second-order valence-corrected chi connectivity index (χ2v) is 5.78. The smallest absolute Gasteiger partial charge is 0.308 e. The molecule has 2 atom stereocenters. The molecule has 0 saturated heterocycles. The lowest BCUT2D eigenvalue weighted by Crippen LogP contribution is -2.24. The van der Waals surface area contributed by atoms with Crippen molar-refractivity contribution in [3.8, 4) is 0 Å². The van der Waals surface area contributed by atoms with Crippen LogP contribution in [0.1, 0.15) is 77.6 Å². The molecular weight excluding hydrogens is 268 g/mol. The van der Waals surface area contributed by atoms with E-state index in [9.17, 15) is 4.79 Å². The highest BCUT2D eigenvalue weighted by molar-refractivity contribution is 5.70. The third-order valence-electron chi connectivity index (χ3n) is 4.06. The van der Waals surface area contributed by atoms with Crippen LogP contribution >= 0.6 is 0 Å². The summed E-state index contributed by atoms with van der Waals surface area (Å²) in [5.41, 5.74) is 0. The lowest BCUT2D eigenvalue weighted by Gasteiger charge is -2.17. The maximum absolute atomic E-state index is 11.1. The molecule has 0 radical (unpaired) electrons. The Morgan fingerprint density at radius 3 is 2.38 bits per heavy atom. The summed E-state index contributed by atoms with van der Waals surface area (Å²) >= 11 is 0. The number of carboxylic acids is 1. The summed E-state index contributed by atoms with van der Waals surface area (Å²) in [5.74, 6) is -0.523. The number of tetrazole rings is 1. The number of hydrogen-bond acceptors (Lipinski definition) is 4. The zero-order valence-electron chi connectivity index (χ0n) is 13.5. The number of hydrogen-bond donors (Lipinski definition) is 1. The fraction of sp³-hybridized carbons (Fsp3) is 0.867. The van der Waals surface area contributed by atoms with E-state index in [1.807, 2.05) is 6.92 Å². The zero-order valence-corrected chi connectivity index (χ0v) is 13.5. The molecule has 1 aromatic heterocycles. The maximum atomic E-state index is 11.1. The van der Waals surface area contributed by atoms with Gasteiger partial charge in [-0.3, -0.25) is 4.79 Å². The summed E-state index contributed by atoms with van der Waals surface area (Å²) in [6.07, 6.45) is 9.52. The van der Waals surface area contributed by atoms with E-state index in [0.29, 0.717) is 0 Å². The van der Waals surface area contributed by atoms with Gasteiger partial charge in [-0.25, -0.2) is 4.68 Å². The predicted octanol–water partition coefficient (Wildman–Crippen LogP) is 3.25. The Hall–Kier alpha value is -1.46. The van der Waals surface area contributed by atoms with Crippen molar-refractivity contribution in [1.29, 1.82) is 0 Å². The molecule has 1 heterocycles. The van der Waals surface area contributed by atoms with Crippen LogP contribution in [0.4, 0.5) is 0 Å². The van der Waals surface area contributed by atoms with E-state index >= 15 is 0 Å². The lowest BCUT2D eigenvalue weighted by molar-refractivity contribution is -0.142. The molecule has 6 nitrogen and oxygen atoms in total. The van der Waals surface area contributed by atoms with Crippen molar-refractivity contribution in [2.75, 3.05) is 0 Å². The molecule has 0 aliphatic rings. The van der Waals surface area contributed by atoms with Crippen LogP contribution in [0.25, 0.3) is 0 Å². The summed E-state index contributed by atoms with van der Waals surface area (Å²) in [7, 11) is 0. The first-order valence-electron chi connectivity index (χ1n) is 8.07. The number of unbranched alkanes of at least 4 members (excludes halogenated alkanes) is 6. The molecule has 0 spiro atoms. The molecule has 0 aliphatic carbocycles. The standard InChI is InChI=1S/C15H28N4O2/c1-4-5-6-7-8-9-10-11-14-16-17-18-19(14)13(3)12(2)15(20)21/h12-13H,4-11H2,1-3H3,(H,20,21). The summed E-state index contributed by atoms with van der Waals surface area (Å²) in [5, 5.41) is 20.8. The fourth-order valence-corrected chi connectivity index (χ4v) is 2.35. The number of aliphatic carboxylic acids is 1. The number of carboxylic acid groups (broad SMARTS) is 1. The van der Waals surface area contributed by atoms with Crippen LogP contribution in [-0.4, -0.2) is 31.3 Å². The highest BCUT2D eigenvalue weighted by Gasteiger charge is 2.24. The predicted molar refractivity (Wildman–Crippen MR) is 81.0 cm³/mol. The minimum atomic E-state index is -0.820. The summed E-state index contributed by atoms with van der Waals surface area (Å²) in [6, 6.07) is -0.225. The van der Waals surface area contributed by atoms with E-state index in [-0.39, 0.29) is 6.04 Å². The second kappa shape index (κ2) is 9.47. The molecule has 0 aliphatic heterocycles. The maximum Gasteiger partial charge on any atom is 0.308 e. The van der Waals surface area contributed by atoms with Gasteiger partial charge in [0.2, 0.25) is 0 Å². The van der Waals surface area contributed by atoms with Gasteiger partial charge >= 0.3 is 5.97 Å². The molecule has 0 fully saturated rings. The first kappa shape index (κ1) is 17.6. The third kappa shape index (κ3) is 5.81. The molecule has 0 amide bonds. The van der Waals surface area contributed by atoms with E-state index < -0.39 is 11.9 Å². The topological polar surface area (TPSA) is 80.9 Å². The number of aromatic nitrogens is 4. The molecule has 0 saturated carbocycles. The van der Waals surface area contributed by atoms with Gasteiger partial charge in [0.15, 0.2) is 5.82 Å². The Balaban J connectivity index is 2.36. The van der Waals surface area contributed by atoms with E-state index in [4.69, 9.17) is 5.11 Å². The van der Waals surface area contributed by atoms with Crippen molar-refractivity contribution in [3.05, 3.63) is 5.82 Å². The number of rotatable bonds is 11. The van der Waals surface area contributed by atoms with Gasteiger partial charge in [-0.2, -0.15) is 0 Å². The Morgan fingerprint density at radius 2 is 1.76 bits per heavy atom. The van der Waals surface area contributed by atoms with Gasteiger partial charge < -0.3 is 5.11 Å². The van der Waals surface area contributed by atoms with Crippen LogP contribution < -0.4 is 0 Å². The Kier molecular flexibility index (Phi) is 7.93. The van der Waals surface area contributed by atoms with Crippen molar-refractivity contribution in [2.24, 2.45) is 5.92 Å². The van der Waals surface area contributed by atoms with Crippen LogP contribution in [0.5, 0.6) is 0 Å². The zero-order chi connectivity index (χ0) is 15.7. The average molecular weight is 296 g/mol. The molecule has 2 unspecified atom stereocenters. The van der Waals surface area contributed by atoms with Crippen LogP contribution in [-0.2, 0) is 11.2 Å². The largest absolute Gasteiger partial charge is 0.481 e.